The van der Waals surface area contributed by atoms with Gasteiger partial charge in [0, 0.05) is 24.3 Å². The summed E-state index contributed by atoms with van der Waals surface area (Å²) in [5, 5.41) is 7.51. The summed E-state index contributed by atoms with van der Waals surface area (Å²) in [5.41, 5.74) is -2.03. The van der Waals surface area contributed by atoms with Crippen molar-refractivity contribution in [2.45, 2.75) is 48.8 Å². The number of H-pyrrole nitrogens is 1. The van der Waals surface area contributed by atoms with Crippen LogP contribution in [0.2, 0.25) is 0 Å². The highest BCUT2D eigenvalue weighted by molar-refractivity contribution is 7.89. The number of nitrogens with zero attached hydrogens (tertiary/aromatic N) is 3. The van der Waals surface area contributed by atoms with Crippen molar-refractivity contribution in [3.63, 3.8) is 0 Å². The predicted octanol–water partition coefficient (Wildman–Crippen LogP) is 3.11. The van der Waals surface area contributed by atoms with Crippen LogP contribution in [0.5, 0.6) is 0 Å². The van der Waals surface area contributed by atoms with Crippen LogP contribution in [0.25, 0.3) is 11.1 Å². The van der Waals surface area contributed by atoms with E-state index in [1.165, 1.54) is 30.9 Å². The molecule has 0 aliphatic heterocycles. The zero-order valence-corrected chi connectivity index (χ0v) is 17.5. The standard InChI is InChI=1S/C20H20F3N5O3S/c21-20(22,23)19-16(13-7-8-18(29)24-10-13)5-2-6-17(19)32(30,31)27-14-3-1-4-15(9-14)28-11-25-26-12-28/h2,5-8,10-12,14-15,27H,1,3-4,9H2,(H,24,29)/t14-,15+/m0/s1. The van der Waals surface area contributed by atoms with Crippen molar-refractivity contribution in [2.24, 2.45) is 0 Å². The first kappa shape index (κ1) is 22.2. The van der Waals surface area contributed by atoms with Gasteiger partial charge in [-0.05, 0) is 48.9 Å². The Bertz CT molecular complexity index is 1240. The van der Waals surface area contributed by atoms with Gasteiger partial charge in [-0.3, -0.25) is 4.79 Å². The fraction of sp³-hybridized carbons (Fsp3) is 0.350. The van der Waals surface area contributed by atoms with Crippen LogP contribution in [-0.2, 0) is 16.2 Å². The quantitative estimate of drug-likeness (QED) is 0.599. The second-order valence-corrected chi connectivity index (χ2v) is 9.35. The Hall–Kier alpha value is -2.99. The molecule has 1 fully saturated rings. The maximum Gasteiger partial charge on any atom is 0.418 e. The summed E-state index contributed by atoms with van der Waals surface area (Å²) < 4.78 is 72.6. The van der Waals surface area contributed by atoms with Crippen molar-refractivity contribution in [1.82, 2.24) is 24.5 Å². The summed E-state index contributed by atoms with van der Waals surface area (Å²) in [5.74, 6) is 0. The van der Waals surface area contributed by atoms with Crippen molar-refractivity contribution in [2.75, 3.05) is 0 Å². The minimum atomic E-state index is -4.94. The van der Waals surface area contributed by atoms with E-state index in [0.717, 1.165) is 24.8 Å². The second-order valence-electron chi connectivity index (χ2n) is 7.67. The van der Waals surface area contributed by atoms with E-state index in [1.807, 2.05) is 0 Å². The number of nitrogens with one attached hydrogen (secondary N) is 2. The Morgan fingerprint density at radius 3 is 2.50 bits per heavy atom. The van der Waals surface area contributed by atoms with Crippen molar-refractivity contribution in [3.8, 4) is 11.1 Å². The predicted molar refractivity (Wildman–Crippen MR) is 109 cm³/mol. The molecule has 170 valence electrons. The number of aromatic nitrogens is 4. The van der Waals surface area contributed by atoms with Crippen LogP contribution < -0.4 is 10.3 Å². The van der Waals surface area contributed by atoms with Crippen LogP contribution in [0.1, 0.15) is 37.3 Å². The first-order chi connectivity index (χ1) is 15.1. The number of halogens is 3. The molecule has 0 bridgehead atoms. The highest BCUT2D eigenvalue weighted by atomic mass is 32.2. The van der Waals surface area contributed by atoms with Crippen LogP contribution in [0.4, 0.5) is 13.2 Å². The summed E-state index contributed by atoms with van der Waals surface area (Å²) >= 11 is 0. The monoisotopic (exact) mass is 467 g/mol. The first-order valence-corrected chi connectivity index (χ1v) is 11.4. The lowest BCUT2D eigenvalue weighted by Crippen LogP contribution is -2.39. The molecular weight excluding hydrogens is 447 g/mol. The average molecular weight is 467 g/mol. The molecule has 2 atom stereocenters. The molecule has 0 radical (unpaired) electrons. The molecule has 0 amide bonds. The van der Waals surface area contributed by atoms with Crippen molar-refractivity contribution >= 4 is 10.0 Å². The Kier molecular flexibility index (Phi) is 5.91. The number of pyridine rings is 1. The summed E-state index contributed by atoms with van der Waals surface area (Å²) in [6.07, 6.45) is 1.70. The lowest BCUT2D eigenvalue weighted by atomic mass is 9.91. The number of alkyl halides is 3. The average Bonchev–Trinajstić information content (AvgIpc) is 3.28. The Balaban J connectivity index is 1.69. The van der Waals surface area contributed by atoms with Crippen LogP contribution in [0.3, 0.4) is 0 Å². The molecule has 0 unspecified atom stereocenters. The highest BCUT2D eigenvalue weighted by Gasteiger charge is 2.40. The van der Waals surface area contributed by atoms with Crippen LogP contribution in [0, 0.1) is 0 Å². The van der Waals surface area contributed by atoms with Crippen molar-refractivity contribution in [1.29, 1.82) is 0 Å². The topological polar surface area (TPSA) is 110 Å². The maximum absolute atomic E-state index is 14.0. The van der Waals surface area contributed by atoms with Crippen molar-refractivity contribution < 1.29 is 21.6 Å². The van der Waals surface area contributed by atoms with E-state index >= 15 is 0 Å². The first-order valence-electron chi connectivity index (χ1n) is 9.91. The number of benzene rings is 1. The molecule has 1 saturated carbocycles. The second kappa shape index (κ2) is 8.51. The molecule has 4 rings (SSSR count). The molecule has 0 spiro atoms. The van der Waals surface area contributed by atoms with Crippen LogP contribution >= 0.6 is 0 Å². The fourth-order valence-corrected chi connectivity index (χ4v) is 5.62. The number of aromatic amines is 1. The largest absolute Gasteiger partial charge is 0.418 e. The van der Waals surface area contributed by atoms with Gasteiger partial charge < -0.3 is 9.55 Å². The smallest absolute Gasteiger partial charge is 0.328 e. The van der Waals surface area contributed by atoms with Crippen molar-refractivity contribution in [3.05, 3.63) is 65.1 Å². The van der Waals surface area contributed by atoms with Gasteiger partial charge in [-0.25, -0.2) is 13.1 Å². The lowest BCUT2D eigenvalue weighted by Gasteiger charge is -2.30. The lowest BCUT2D eigenvalue weighted by molar-refractivity contribution is -0.139. The Labute approximate surface area is 181 Å². The van der Waals surface area contributed by atoms with Gasteiger partial charge in [0.15, 0.2) is 0 Å². The minimum Gasteiger partial charge on any atom is -0.328 e. The summed E-state index contributed by atoms with van der Waals surface area (Å²) in [6.45, 7) is 0. The normalized spacial score (nSPS) is 19.7. The molecule has 2 N–H and O–H groups in total. The van der Waals surface area contributed by atoms with Gasteiger partial charge in [-0.15, -0.1) is 10.2 Å². The van der Waals surface area contributed by atoms with Crippen LogP contribution in [0.15, 0.2) is 58.9 Å². The molecule has 1 aliphatic carbocycles. The highest BCUT2D eigenvalue weighted by Crippen LogP contribution is 2.41. The minimum absolute atomic E-state index is 0.0407. The summed E-state index contributed by atoms with van der Waals surface area (Å²) in [6, 6.07) is 5.11. The van der Waals surface area contributed by atoms with Gasteiger partial charge in [-0.2, -0.15) is 13.2 Å². The van der Waals surface area contributed by atoms with Crippen LogP contribution in [-0.4, -0.2) is 34.2 Å². The Morgan fingerprint density at radius 1 is 1.09 bits per heavy atom. The third-order valence-corrected chi connectivity index (χ3v) is 7.08. The zero-order valence-electron chi connectivity index (χ0n) is 16.7. The molecule has 32 heavy (non-hydrogen) atoms. The number of hydrogen-bond donors (Lipinski definition) is 2. The molecule has 0 saturated heterocycles. The SMILES string of the molecule is O=c1ccc(-c2cccc(S(=O)(=O)N[C@H]3CCC[C@@H](n4cnnc4)C3)c2C(F)(F)F)c[nH]1. The van der Waals surface area contributed by atoms with E-state index in [2.05, 4.69) is 19.9 Å². The van der Waals surface area contributed by atoms with Gasteiger partial charge in [0.25, 0.3) is 0 Å². The van der Waals surface area contributed by atoms with E-state index in [0.29, 0.717) is 19.3 Å². The van der Waals surface area contributed by atoms with E-state index in [-0.39, 0.29) is 17.2 Å². The molecule has 1 aromatic carbocycles. The Morgan fingerprint density at radius 2 is 1.84 bits per heavy atom. The third-order valence-electron chi connectivity index (χ3n) is 5.52. The fourth-order valence-electron chi connectivity index (χ4n) is 4.09. The summed E-state index contributed by atoms with van der Waals surface area (Å²) in [7, 11) is -4.49. The third kappa shape index (κ3) is 4.60. The zero-order chi connectivity index (χ0) is 22.9. The molecule has 8 nitrogen and oxygen atoms in total. The molecule has 2 aromatic heterocycles. The molecular formula is C20H20F3N5O3S. The summed E-state index contributed by atoms with van der Waals surface area (Å²) in [4.78, 5) is 12.8. The molecule has 1 aliphatic rings. The molecule has 3 aromatic rings. The van der Waals surface area contributed by atoms with Gasteiger partial charge in [0.05, 0.1) is 10.5 Å². The maximum atomic E-state index is 14.0. The number of sulfonamides is 1. The molecule has 12 heteroatoms. The van der Waals surface area contributed by atoms with E-state index < -0.39 is 38.3 Å². The number of hydrogen-bond acceptors (Lipinski definition) is 5. The van der Waals surface area contributed by atoms with E-state index in [9.17, 15) is 26.4 Å². The van der Waals surface area contributed by atoms with E-state index in [1.54, 1.807) is 4.57 Å². The van der Waals surface area contributed by atoms with Gasteiger partial charge in [0.2, 0.25) is 15.6 Å². The van der Waals surface area contributed by atoms with Gasteiger partial charge in [0.1, 0.15) is 12.7 Å². The van der Waals surface area contributed by atoms with Gasteiger partial charge >= 0.3 is 6.18 Å². The van der Waals surface area contributed by atoms with Gasteiger partial charge in [-0.1, -0.05) is 12.1 Å². The molecule has 2 heterocycles. The number of rotatable bonds is 5. The van der Waals surface area contributed by atoms with E-state index in [4.69, 9.17) is 0 Å².